The van der Waals surface area contributed by atoms with Crippen molar-refractivity contribution in [2.75, 3.05) is 45.1 Å². The van der Waals surface area contributed by atoms with Crippen molar-refractivity contribution in [2.45, 2.75) is 32.7 Å². The van der Waals surface area contributed by atoms with E-state index in [0.29, 0.717) is 34.5 Å². The second kappa shape index (κ2) is 12.6. The molecule has 15 heteroatoms. The summed E-state index contributed by atoms with van der Waals surface area (Å²) in [4.78, 5) is 22.2. The van der Waals surface area contributed by atoms with E-state index in [1.54, 1.807) is 45.2 Å². The van der Waals surface area contributed by atoms with E-state index in [4.69, 9.17) is 18.5 Å². The maximum atomic E-state index is 14.0. The van der Waals surface area contributed by atoms with Crippen LogP contribution in [0.25, 0.3) is 0 Å². The Morgan fingerprint density at radius 3 is 2.29 bits per heavy atom. The fraction of sp³-hybridized carbons (Fsp3) is 0.370. The summed E-state index contributed by atoms with van der Waals surface area (Å²) in [6, 6.07) is 7.90. The highest BCUT2D eigenvalue weighted by molar-refractivity contribution is 7.53. The topological polar surface area (TPSA) is 124 Å². The van der Waals surface area contributed by atoms with Crippen molar-refractivity contribution in [1.82, 2.24) is 14.9 Å². The third kappa shape index (κ3) is 6.61. The number of amides is 1. The highest BCUT2D eigenvalue weighted by Crippen LogP contribution is 2.51. The SMILES string of the molecule is CCOP(=O)(Cc1ccc(Nc2ncc(C(F)(F)F)c(Nc3ccc(OC)c4c3C(=O)N(C)C4)n2)c(OC)c1)OCC. The zero-order valence-corrected chi connectivity index (χ0v) is 24.6. The zero-order chi connectivity index (χ0) is 30.7. The van der Waals surface area contributed by atoms with Crippen LogP contribution in [-0.2, 0) is 32.5 Å². The Balaban J connectivity index is 1.67. The van der Waals surface area contributed by atoms with Crippen molar-refractivity contribution in [1.29, 1.82) is 0 Å². The number of aromatic nitrogens is 2. The molecule has 2 aromatic carbocycles. The van der Waals surface area contributed by atoms with Crippen LogP contribution in [0.3, 0.4) is 0 Å². The third-order valence-corrected chi connectivity index (χ3v) is 8.39. The average molecular weight is 610 g/mol. The highest BCUT2D eigenvalue weighted by atomic mass is 31.2. The summed E-state index contributed by atoms with van der Waals surface area (Å²) in [5, 5.41) is 5.56. The Kier molecular flexibility index (Phi) is 9.29. The predicted molar refractivity (Wildman–Crippen MR) is 150 cm³/mol. The number of hydrogen-bond acceptors (Lipinski definition) is 10. The monoisotopic (exact) mass is 609 g/mol. The van der Waals surface area contributed by atoms with Crippen LogP contribution in [0.5, 0.6) is 11.5 Å². The number of methoxy groups -OCH3 is 2. The van der Waals surface area contributed by atoms with E-state index in [-0.39, 0.29) is 49.0 Å². The maximum absolute atomic E-state index is 14.0. The van der Waals surface area contributed by atoms with E-state index < -0.39 is 25.2 Å². The summed E-state index contributed by atoms with van der Waals surface area (Å²) in [5.74, 6) is -0.343. The van der Waals surface area contributed by atoms with Crippen LogP contribution in [0.1, 0.15) is 40.9 Å². The van der Waals surface area contributed by atoms with Crippen molar-refractivity contribution >= 4 is 36.6 Å². The van der Waals surface area contributed by atoms with E-state index in [2.05, 4.69) is 20.6 Å². The number of carbonyl (C=O) groups excluding carboxylic acids is 1. The normalized spacial score (nSPS) is 13.2. The number of halogens is 3. The molecule has 1 aliphatic rings. The van der Waals surface area contributed by atoms with Gasteiger partial charge in [-0.25, -0.2) is 4.98 Å². The largest absolute Gasteiger partial charge is 0.496 e. The molecule has 0 unspecified atom stereocenters. The van der Waals surface area contributed by atoms with Crippen LogP contribution in [0.4, 0.5) is 36.3 Å². The van der Waals surface area contributed by atoms with Crippen molar-refractivity contribution in [2.24, 2.45) is 0 Å². The van der Waals surface area contributed by atoms with Crippen LogP contribution in [0.2, 0.25) is 0 Å². The molecule has 2 N–H and O–H groups in total. The van der Waals surface area contributed by atoms with E-state index >= 15 is 0 Å². The number of nitrogens with one attached hydrogen (secondary N) is 2. The first-order chi connectivity index (χ1) is 19.9. The third-order valence-electron chi connectivity index (χ3n) is 6.33. The lowest BCUT2D eigenvalue weighted by molar-refractivity contribution is -0.137. The molecule has 11 nitrogen and oxygen atoms in total. The van der Waals surface area contributed by atoms with Gasteiger partial charge in [0.2, 0.25) is 5.95 Å². The van der Waals surface area contributed by atoms with Gasteiger partial charge in [0.05, 0.1) is 57.1 Å². The highest BCUT2D eigenvalue weighted by Gasteiger charge is 2.37. The average Bonchev–Trinajstić information content (AvgIpc) is 3.23. The van der Waals surface area contributed by atoms with E-state index in [1.165, 1.54) is 25.2 Å². The van der Waals surface area contributed by atoms with Crippen LogP contribution < -0.4 is 20.1 Å². The number of benzene rings is 2. The van der Waals surface area contributed by atoms with Crippen LogP contribution >= 0.6 is 7.60 Å². The number of fused-ring (bicyclic) bond motifs is 1. The molecule has 0 atom stereocenters. The molecule has 0 aliphatic carbocycles. The van der Waals surface area contributed by atoms with Gasteiger partial charge in [0.1, 0.15) is 22.9 Å². The molecular formula is C27H31F3N5O6P. The molecule has 0 saturated carbocycles. The Hall–Kier alpha value is -3.87. The minimum absolute atomic E-state index is 0.00371. The molecule has 0 fully saturated rings. The quantitative estimate of drug-likeness (QED) is 0.225. The van der Waals surface area contributed by atoms with Gasteiger partial charge in [-0.2, -0.15) is 18.2 Å². The number of alkyl halides is 3. The smallest absolute Gasteiger partial charge is 0.421 e. The predicted octanol–water partition coefficient (Wildman–Crippen LogP) is 6.35. The molecule has 0 bridgehead atoms. The standard InChI is InChI=1S/C27H31F3N5O6P/c1-6-40-42(37,41-7-2)15-16-8-9-19(22(12-16)39-5)33-26-31-13-18(27(28,29)30)24(34-26)32-20-10-11-21(38-4)17-14-35(3)25(36)23(17)20/h8-13H,6-7,14-15H2,1-5H3,(H2,31,32,33,34). The van der Waals surface area contributed by atoms with Crippen LogP contribution in [-0.4, -0.2) is 55.3 Å². The number of rotatable bonds is 12. The second-order valence-electron chi connectivity index (χ2n) is 9.17. The van der Waals surface area contributed by atoms with Crippen molar-refractivity contribution in [3.05, 3.63) is 58.8 Å². The van der Waals surface area contributed by atoms with Crippen molar-refractivity contribution in [3.8, 4) is 11.5 Å². The molecule has 3 aromatic rings. The number of nitrogens with zero attached hydrogens (tertiary/aromatic N) is 3. The Labute approximate surface area is 240 Å². The maximum Gasteiger partial charge on any atom is 0.421 e. The first-order valence-corrected chi connectivity index (χ1v) is 14.6. The molecule has 4 rings (SSSR count). The molecular weight excluding hydrogens is 578 g/mol. The summed E-state index contributed by atoms with van der Waals surface area (Å²) >= 11 is 0. The van der Waals surface area contributed by atoms with Crippen LogP contribution in [0, 0.1) is 0 Å². The molecule has 42 heavy (non-hydrogen) atoms. The Morgan fingerprint density at radius 1 is 1.00 bits per heavy atom. The molecule has 1 amide bonds. The molecule has 2 heterocycles. The van der Waals surface area contributed by atoms with E-state index in [0.717, 1.165) is 0 Å². The summed E-state index contributed by atoms with van der Waals surface area (Å²) in [6.45, 7) is 4.09. The van der Waals surface area contributed by atoms with Crippen LogP contribution in [0.15, 0.2) is 36.5 Å². The van der Waals surface area contributed by atoms with E-state index in [1.807, 2.05) is 0 Å². The minimum atomic E-state index is -4.79. The van der Waals surface area contributed by atoms with Gasteiger partial charge >= 0.3 is 13.8 Å². The van der Waals surface area contributed by atoms with E-state index in [9.17, 15) is 22.5 Å². The van der Waals surface area contributed by atoms with Gasteiger partial charge in [0, 0.05) is 18.8 Å². The zero-order valence-electron chi connectivity index (χ0n) is 23.7. The second-order valence-corrected chi connectivity index (χ2v) is 11.2. The lowest BCUT2D eigenvalue weighted by Crippen LogP contribution is -2.18. The first kappa shape index (κ1) is 31.1. The number of carbonyl (C=O) groups is 1. The molecule has 0 saturated heterocycles. The lowest BCUT2D eigenvalue weighted by Gasteiger charge is -2.19. The summed E-state index contributed by atoms with van der Waals surface area (Å²) in [6.07, 6.45) is -4.14. The molecule has 1 aromatic heterocycles. The van der Waals surface area contributed by atoms with Gasteiger partial charge < -0.3 is 34.1 Å². The Bertz CT molecular complexity index is 1510. The van der Waals surface area contributed by atoms with Crippen molar-refractivity contribution in [3.63, 3.8) is 0 Å². The number of ether oxygens (including phenoxy) is 2. The molecule has 0 radical (unpaired) electrons. The first-order valence-electron chi connectivity index (χ1n) is 12.9. The Morgan fingerprint density at radius 2 is 1.67 bits per heavy atom. The van der Waals surface area contributed by atoms with Crippen molar-refractivity contribution < 1.29 is 41.1 Å². The van der Waals surface area contributed by atoms with Gasteiger partial charge in [-0.1, -0.05) is 6.07 Å². The van der Waals surface area contributed by atoms with Gasteiger partial charge in [0.25, 0.3) is 5.91 Å². The minimum Gasteiger partial charge on any atom is -0.496 e. The fourth-order valence-corrected chi connectivity index (χ4v) is 6.19. The molecule has 1 aliphatic heterocycles. The number of anilines is 4. The number of hydrogen-bond donors (Lipinski definition) is 2. The summed E-state index contributed by atoms with van der Waals surface area (Å²) in [5.41, 5.74) is 0.718. The summed E-state index contributed by atoms with van der Waals surface area (Å²) < 4.78 is 76.3. The van der Waals surface area contributed by atoms with Gasteiger partial charge in [-0.15, -0.1) is 0 Å². The summed E-state index contributed by atoms with van der Waals surface area (Å²) in [7, 11) is 1.07. The molecule has 226 valence electrons. The fourth-order valence-electron chi connectivity index (χ4n) is 4.50. The molecule has 0 spiro atoms. The van der Waals surface area contributed by atoms with Gasteiger partial charge in [-0.05, 0) is 43.7 Å². The van der Waals surface area contributed by atoms with Gasteiger partial charge in [0.15, 0.2) is 0 Å². The van der Waals surface area contributed by atoms with Gasteiger partial charge in [-0.3, -0.25) is 9.36 Å². The lowest BCUT2D eigenvalue weighted by atomic mass is 10.1.